The summed E-state index contributed by atoms with van der Waals surface area (Å²) in [6.45, 7) is 4.12. The molecular weight excluding hydrogens is 152 g/mol. The fourth-order valence-corrected chi connectivity index (χ4v) is 1.83. The maximum Gasteiger partial charge on any atom is 0.214 e. The Morgan fingerprint density at radius 1 is 1.60 bits per heavy atom. The summed E-state index contributed by atoms with van der Waals surface area (Å²) in [6, 6.07) is 0. The molecule has 0 spiro atoms. The third-order valence-electron chi connectivity index (χ3n) is 1.84. The fourth-order valence-electron chi connectivity index (χ4n) is 0.988. The molecule has 1 saturated heterocycles. The highest BCUT2D eigenvalue weighted by Crippen LogP contribution is 2.12. The molecular formula is C5H12N2O2S. The van der Waals surface area contributed by atoms with Crippen LogP contribution in [0.1, 0.15) is 6.92 Å². The zero-order valence-electron chi connectivity index (χ0n) is 5.95. The zero-order valence-corrected chi connectivity index (χ0v) is 6.76. The Morgan fingerprint density at radius 3 is 2.40 bits per heavy atom. The minimum atomic E-state index is -3.25. The van der Waals surface area contributed by atoms with Gasteiger partial charge >= 0.3 is 0 Å². The average Bonchev–Trinajstić information content (AvgIpc) is 1.57. The minimum absolute atomic E-state index is 0.313. The smallest absolute Gasteiger partial charge is 0.214 e. The van der Waals surface area contributed by atoms with E-state index in [9.17, 15) is 8.42 Å². The van der Waals surface area contributed by atoms with Crippen LogP contribution >= 0.6 is 0 Å². The molecule has 0 amide bonds. The van der Waals surface area contributed by atoms with Crippen molar-refractivity contribution in [3.05, 3.63) is 0 Å². The Kier molecular flexibility index (Phi) is 1.98. The highest BCUT2D eigenvalue weighted by molar-refractivity contribution is 7.89. The van der Waals surface area contributed by atoms with Gasteiger partial charge in [0.15, 0.2) is 0 Å². The molecule has 5 heteroatoms. The van der Waals surface area contributed by atoms with E-state index in [0.29, 0.717) is 13.1 Å². The van der Waals surface area contributed by atoms with Crippen molar-refractivity contribution in [3.8, 4) is 0 Å². The van der Waals surface area contributed by atoms with Gasteiger partial charge in [0.1, 0.15) is 5.25 Å². The Balaban J connectivity index is 2.41. The first-order valence-corrected chi connectivity index (χ1v) is 4.89. The monoisotopic (exact) mass is 164 g/mol. The van der Waals surface area contributed by atoms with Gasteiger partial charge in [-0.1, -0.05) is 6.92 Å². The maximum atomic E-state index is 10.6. The number of hydrogen-bond acceptors (Lipinski definition) is 3. The van der Waals surface area contributed by atoms with Crippen molar-refractivity contribution in [2.75, 3.05) is 19.6 Å². The summed E-state index contributed by atoms with van der Waals surface area (Å²) in [5.74, 6) is 0. The first-order valence-electron chi connectivity index (χ1n) is 3.28. The molecule has 60 valence electrons. The molecule has 10 heavy (non-hydrogen) atoms. The molecule has 2 N–H and O–H groups in total. The van der Waals surface area contributed by atoms with Crippen molar-refractivity contribution in [1.82, 2.24) is 4.90 Å². The maximum absolute atomic E-state index is 10.6. The van der Waals surface area contributed by atoms with Crippen molar-refractivity contribution in [2.45, 2.75) is 12.2 Å². The van der Waals surface area contributed by atoms with E-state index in [1.807, 2.05) is 11.8 Å². The van der Waals surface area contributed by atoms with Crippen LogP contribution in [0.25, 0.3) is 0 Å². The molecule has 0 saturated carbocycles. The van der Waals surface area contributed by atoms with Crippen molar-refractivity contribution >= 4 is 10.0 Å². The quantitative estimate of drug-likeness (QED) is 0.568. The standard InChI is InChI=1S/C5H12N2O2S/c1-2-7-3-5(4-7)10(6,8)9/h5H,2-4H2,1H3,(H2,6,8,9). The predicted octanol–water partition coefficient (Wildman–Crippen LogP) is -1.02. The lowest BCUT2D eigenvalue weighted by Crippen LogP contribution is -2.56. The molecule has 0 aromatic heterocycles. The van der Waals surface area contributed by atoms with Crippen LogP contribution in [0.2, 0.25) is 0 Å². The minimum Gasteiger partial charge on any atom is -0.301 e. The third kappa shape index (κ3) is 1.47. The van der Waals surface area contributed by atoms with Gasteiger partial charge in [-0.3, -0.25) is 0 Å². The van der Waals surface area contributed by atoms with Crippen LogP contribution in [0.4, 0.5) is 0 Å². The Bertz CT molecular complexity index is 206. The summed E-state index contributed by atoms with van der Waals surface area (Å²) >= 11 is 0. The summed E-state index contributed by atoms with van der Waals surface area (Å²) < 4.78 is 21.3. The number of rotatable bonds is 2. The van der Waals surface area contributed by atoms with Crippen molar-refractivity contribution in [2.24, 2.45) is 5.14 Å². The number of sulfonamides is 1. The van der Waals surface area contributed by atoms with Gasteiger partial charge in [0.25, 0.3) is 0 Å². The Labute approximate surface area is 61.1 Å². The third-order valence-corrected chi connectivity index (χ3v) is 3.06. The van der Waals surface area contributed by atoms with E-state index in [2.05, 4.69) is 0 Å². The molecule has 1 fully saturated rings. The van der Waals surface area contributed by atoms with Crippen LogP contribution in [-0.4, -0.2) is 38.2 Å². The highest BCUT2D eigenvalue weighted by atomic mass is 32.2. The molecule has 4 nitrogen and oxygen atoms in total. The van der Waals surface area contributed by atoms with E-state index >= 15 is 0 Å². The molecule has 0 bridgehead atoms. The van der Waals surface area contributed by atoms with Crippen LogP contribution in [-0.2, 0) is 10.0 Å². The average molecular weight is 164 g/mol. The highest BCUT2D eigenvalue weighted by Gasteiger charge is 2.33. The second-order valence-electron chi connectivity index (χ2n) is 2.56. The molecule has 1 rings (SSSR count). The van der Waals surface area contributed by atoms with Crippen molar-refractivity contribution < 1.29 is 8.42 Å². The number of nitrogens with zero attached hydrogens (tertiary/aromatic N) is 1. The number of hydrogen-bond donors (Lipinski definition) is 1. The largest absolute Gasteiger partial charge is 0.301 e. The Hall–Kier alpha value is -0.130. The molecule has 0 aromatic rings. The summed E-state index contributed by atoms with van der Waals surface area (Å²) in [5, 5.41) is 4.59. The normalized spacial score (nSPS) is 22.6. The molecule has 0 radical (unpaired) electrons. The van der Waals surface area contributed by atoms with Crippen LogP contribution in [0.3, 0.4) is 0 Å². The molecule has 0 unspecified atom stereocenters. The Morgan fingerprint density at radius 2 is 2.10 bits per heavy atom. The summed E-state index contributed by atoms with van der Waals surface area (Å²) in [7, 11) is -3.25. The predicted molar refractivity (Wildman–Crippen MR) is 39.0 cm³/mol. The molecule has 0 aliphatic carbocycles. The summed E-state index contributed by atoms with van der Waals surface area (Å²) in [4.78, 5) is 2.04. The second-order valence-corrected chi connectivity index (χ2v) is 4.41. The van der Waals surface area contributed by atoms with Gasteiger partial charge in [-0.2, -0.15) is 0 Å². The van der Waals surface area contributed by atoms with Gasteiger partial charge < -0.3 is 4.90 Å². The van der Waals surface area contributed by atoms with Gasteiger partial charge in [0.05, 0.1) is 0 Å². The van der Waals surface area contributed by atoms with Crippen LogP contribution < -0.4 is 5.14 Å². The van der Waals surface area contributed by atoms with Crippen LogP contribution in [0.5, 0.6) is 0 Å². The van der Waals surface area contributed by atoms with E-state index in [1.54, 1.807) is 0 Å². The van der Waals surface area contributed by atoms with Gasteiger partial charge in [-0.05, 0) is 6.54 Å². The van der Waals surface area contributed by atoms with Gasteiger partial charge in [0, 0.05) is 13.1 Å². The van der Waals surface area contributed by atoms with Crippen LogP contribution in [0, 0.1) is 0 Å². The fraction of sp³-hybridized carbons (Fsp3) is 1.00. The summed E-state index contributed by atoms with van der Waals surface area (Å²) in [6.07, 6.45) is 0. The lowest BCUT2D eigenvalue weighted by molar-refractivity contribution is 0.195. The molecule has 0 atom stereocenters. The van der Waals surface area contributed by atoms with Gasteiger partial charge in [-0.15, -0.1) is 0 Å². The van der Waals surface area contributed by atoms with E-state index in [0.717, 1.165) is 6.54 Å². The van der Waals surface area contributed by atoms with Gasteiger partial charge in [-0.25, -0.2) is 13.6 Å². The lowest BCUT2D eigenvalue weighted by Gasteiger charge is -2.36. The summed E-state index contributed by atoms with van der Waals surface area (Å²) in [5.41, 5.74) is 0. The second kappa shape index (κ2) is 2.48. The molecule has 1 heterocycles. The molecule has 0 aromatic carbocycles. The van der Waals surface area contributed by atoms with E-state index in [1.165, 1.54) is 0 Å². The number of nitrogens with two attached hydrogens (primary N) is 1. The molecule has 1 aliphatic rings. The molecule has 1 aliphatic heterocycles. The van der Waals surface area contributed by atoms with Crippen molar-refractivity contribution in [1.29, 1.82) is 0 Å². The van der Waals surface area contributed by atoms with E-state index < -0.39 is 10.0 Å². The first-order chi connectivity index (χ1) is 4.54. The lowest BCUT2D eigenvalue weighted by atomic mass is 10.2. The van der Waals surface area contributed by atoms with E-state index in [-0.39, 0.29) is 5.25 Å². The topological polar surface area (TPSA) is 63.4 Å². The number of likely N-dealkylation sites (tertiary alicyclic amines) is 1. The van der Waals surface area contributed by atoms with Crippen LogP contribution in [0.15, 0.2) is 0 Å². The number of primary sulfonamides is 1. The SMILES string of the molecule is CCN1CC(S(N)(=O)=O)C1. The zero-order chi connectivity index (χ0) is 7.78. The van der Waals surface area contributed by atoms with E-state index in [4.69, 9.17) is 5.14 Å². The van der Waals surface area contributed by atoms with Crippen molar-refractivity contribution in [3.63, 3.8) is 0 Å². The van der Waals surface area contributed by atoms with Gasteiger partial charge in [0.2, 0.25) is 10.0 Å². The first kappa shape index (κ1) is 7.97.